The summed E-state index contributed by atoms with van der Waals surface area (Å²) < 4.78 is 0. The van der Waals surface area contributed by atoms with Gasteiger partial charge in [0.15, 0.2) is 0 Å². The molecule has 1 heterocycles. The van der Waals surface area contributed by atoms with Crippen molar-refractivity contribution in [3.8, 4) is 0 Å². The van der Waals surface area contributed by atoms with E-state index in [1.807, 2.05) is 30.0 Å². The maximum Gasteiger partial charge on any atom is 0.258 e. The lowest BCUT2D eigenvalue weighted by Gasteiger charge is -2.26. The average molecular weight is 339 g/mol. The van der Waals surface area contributed by atoms with Crippen molar-refractivity contribution < 1.29 is 4.79 Å². The molecule has 2 aliphatic rings. The maximum absolute atomic E-state index is 12.8. The minimum atomic E-state index is -0.141. The van der Waals surface area contributed by atoms with Crippen molar-refractivity contribution in [1.29, 1.82) is 0 Å². The number of aromatic nitrogens is 2. The van der Waals surface area contributed by atoms with E-state index in [1.54, 1.807) is 6.07 Å². The highest BCUT2D eigenvalue weighted by molar-refractivity contribution is 5.78. The summed E-state index contributed by atoms with van der Waals surface area (Å²) in [6.45, 7) is 2.99. The van der Waals surface area contributed by atoms with Gasteiger partial charge in [0.05, 0.1) is 17.4 Å². The lowest BCUT2D eigenvalue weighted by molar-refractivity contribution is -0.133. The van der Waals surface area contributed by atoms with Crippen LogP contribution in [0, 0.1) is 17.8 Å². The van der Waals surface area contributed by atoms with Crippen LogP contribution in [0.3, 0.4) is 0 Å². The second kappa shape index (κ2) is 6.62. The molecule has 0 spiro atoms. The highest BCUT2D eigenvalue weighted by Crippen LogP contribution is 2.49. The van der Waals surface area contributed by atoms with Gasteiger partial charge in [-0.25, -0.2) is 4.98 Å². The SMILES string of the molecule is CCN(Cc1nc2ccccc2c(=O)[nH]1)C(=O)CC1CC2CCC1C2. The van der Waals surface area contributed by atoms with Crippen LogP contribution < -0.4 is 5.56 Å². The topological polar surface area (TPSA) is 66.1 Å². The molecule has 5 nitrogen and oxygen atoms in total. The number of carbonyl (C=O) groups excluding carboxylic acids is 1. The van der Waals surface area contributed by atoms with Crippen molar-refractivity contribution in [3.63, 3.8) is 0 Å². The fourth-order valence-electron chi connectivity index (χ4n) is 4.75. The van der Waals surface area contributed by atoms with Gasteiger partial charge in [-0.2, -0.15) is 0 Å². The summed E-state index contributed by atoms with van der Waals surface area (Å²) >= 11 is 0. The van der Waals surface area contributed by atoms with Gasteiger partial charge in [0.1, 0.15) is 5.82 Å². The van der Waals surface area contributed by atoms with E-state index in [2.05, 4.69) is 9.97 Å². The van der Waals surface area contributed by atoms with E-state index in [4.69, 9.17) is 0 Å². The number of aromatic amines is 1. The van der Waals surface area contributed by atoms with Gasteiger partial charge in [-0.3, -0.25) is 9.59 Å². The fourth-order valence-corrected chi connectivity index (χ4v) is 4.75. The first-order chi connectivity index (χ1) is 12.1. The van der Waals surface area contributed by atoms with Gasteiger partial charge in [0.25, 0.3) is 5.56 Å². The van der Waals surface area contributed by atoms with Crippen LogP contribution in [-0.2, 0) is 11.3 Å². The van der Waals surface area contributed by atoms with Gasteiger partial charge >= 0.3 is 0 Å². The van der Waals surface area contributed by atoms with Crippen molar-refractivity contribution in [1.82, 2.24) is 14.9 Å². The van der Waals surface area contributed by atoms with Crippen molar-refractivity contribution in [3.05, 3.63) is 40.4 Å². The first-order valence-corrected chi connectivity index (χ1v) is 9.39. The molecule has 1 amide bonds. The molecule has 1 N–H and O–H groups in total. The number of hydrogen-bond acceptors (Lipinski definition) is 3. The molecule has 4 rings (SSSR count). The minimum Gasteiger partial charge on any atom is -0.335 e. The molecule has 2 bridgehead atoms. The number of benzene rings is 1. The van der Waals surface area contributed by atoms with Crippen LogP contribution >= 0.6 is 0 Å². The number of rotatable bonds is 5. The van der Waals surface area contributed by atoms with E-state index in [1.165, 1.54) is 25.7 Å². The molecule has 2 aliphatic carbocycles. The molecule has 1 aromatic heterocycles. The molecule has 2 aromatic rings. The Morgan fingerprint density at radius 1 is 1.28 bits per heavy atom. The smallest absolute Gasteiger partial charge is 0.258 e. The maximum atomic E-state index is 12.8. The van der Waals surface area contributed by atoms with E-state index >= 15 is 0 Å². The Balaban J connectivity index is 1.48. The molecule has 1 aromatic carbocycles. The molecule has 5 heteroatoms. The molecule has 3 atom stereocenters. The van der Waals surface area contributed by atoms with E-state index in [9.17, 15) is 9.59 Å². The van der Waals surface area contributed by atoms with Crippen LogP contribution in [0.4, 0.5) is 0 Å². The van der Waals surface area contributed by atoms with Crippen LogP contribution in [0.5, 0.6) is 0 Å². The number of hydrogen-bond donors (Lipinski definition) is 1. The van der Waals surface area contributed by atoms with Gasteiger partial charge in [0.2, 0.25) is 5.91 Å². The lowest BCUT2D eigenvalue weighted by Crippen LogP contribution is -2.33. The summed E-state index contributed by atoms with van der Waals surface area (Å²) in [7, 11) is 0. The summed E-state index contributed by atoms with van der Waals surface area (Å²) in [6, 6.07) is 7.30. The molecule has 0 radical (unpaired) electrons. The number of carbonyl (C=O) groups is 1. The van der Waals surface area contributed by atoms with Crippen LogP contribution in [0.25, 0.3) is 10.9 Å². The summed E-state index contributed by atoms with van der Waals surface area (Å²) in [5.41, 5.74) is 0.537. The second-order valence-electron chi connectivity index (χ2n) is 7.58. The van der Waals surface area contributed by atoms with E-state index < -0.39 is 0 Å². The summed E-state index contributed by atoms with van der Waals surface area (Å²) in [4.78, 5) is 34.1. The number of nitrogens with zero attached hydrogens (tertiary/aromatic N) is 2. The predicted octanol–water partition coefficient (Wildman–Crippen LogP) is 3.10. The van der Waals surface area contributed by atoms with Crippen LogP contribution in [-0.4, -0.2) is 27.3 Å². The second-order valence-corrected chi connectivity index (χ2v) is 7.58. The minimum absolute atomic E-state index is 0.141. The molecule has 25 heavy (non-hydrogen) atoms. The number of amides is 1. The van der Waals surface area contributed by atoms with Gasteiger partial charge in [-0.05, 0) is 56.1 Å². The number of nitrogens with one attached hydrogen (secondary N) is 1. The Morgan fingerprint density at radius 2 is 2.12 bits per heavy atom. The Morgan fingerprint density at radius 3 is 2.84 bits per heavy atom. The van der Waals surface area contributed by atoms with Crippen LogP contribution in [0.2, 0.25) is 0 Å². The van der Waals surface area contributed by atoms with E-state index in [-0.39, 0.29) is 11.5 Å². The monoisotopic (exact) mass is 339 g/mol. The first-order valence-electron chi connectivity index (χ1n) is 9.39. The quantitative estimate of drug-likeness (QED) is 0.910. The third-order valence-corrected chi connectivity index (χ3v) is 6.06. The summed E-state index contributed by atoms with van der Waals surface area (Å²) in [5, 5.41) is 0.586. The van der Waals surface area contributed by atoms with Gasteiger partial charge < -0.3 is 9.88 Å². The Kier molecular flexibility index (Phi) is 4.32. The zero-order valence-electron chi connectivity index (χ0n) is 14.7. The third-order valence-electron chi connectivity index (χ3n) is 6.06. The molecule has 0 saturated heterocycles. The molecule has 0 aliphatic heterocycles. The van der Waals surface area contributed by atoms with Crippen molar-refractivity contribution in [2.45, 2.75) is 45.6 Å². The number of H-pyrrole nitrogens is 1. The first kappa shape index (κ1) is 16.3. The molecular weight excluding hydrogens is 314 g/mol. The van der Waals surface area contributed by atoms with E-state index in [0.717, 1.165) is 11.8 Å². The summed E-state index contributed by atoms with van der Waals surface area (Å²) in [6.07, 6.45) is 5.85. The average Bonchev–Trinajstić information content (AvgIpc) is 3.22. The highest BCUT2D eigenvalue weighted by atomic mass is 16.2. The van der Waals surface area contributed by atoms with E-state index in [0.29, 0.717) is 42.2 Å². The molecule has 2 fully saturated rings. The zero-order valence-corrected chi connectivity index (χ0v) is 14.7. The zero-order chi connectivity index (χ0) is 17.4. The normalized spacial score (nSPS) is 24.8. The van der Waals surface area contributed by atoms with Crippen LogP contribution in [0.15, 0.2) is 29.1 Å². The van der Waals surface area contributed by atoms with Gasteiger partial charge in [-0.1, -0.05) is 18.6 Å². The van der Waals surface area contributed by atoms with Crippen molar-refractivity contribution >= 4 is 16.8 Å². The van der Waals surface area contributed by atoms with Crippen LogP contribution in [0.1, 0.15) is 44.9 Å². The van der Waals surface area contributed by atoms with Crippen molar-refractivity contribution in [2.75, 3.05) is 6.54 Å². The predicted molar refractivity (Wildman–Crippen MR) is 97.0 cm³/mol. The number of para-hydroxylation sites is 1. The fraction of sp³-hybridized carbons (Fsp3) is 0.550. The molecular formula is C20H25N3O2. The summed E-state index contributed by atoms with van der Waals surface area (Å²) in [5.74, 6) is 2.93. The molecule has 2 saturated carbocycles. The Bertz CT molecular complexity index is 844. The standard InChI is InChI=1S/C20H25N3O2/c1-2-23(19(24)11-15-10-13-7-8-14(15)9-13)12-18-21-17-6-4-3-5-16(17)20(25)22-18/h3-6,13-15H,2,7-12H2,1H3,(H,21,22,25). The highest BCUT2D eigenvalue weighted by Gasteiger charge is 2.40. The number of fused-ring (bicyclic) bond motifs is 3. The largest absolute Gasteiger partial charge is 0.335 e. The Labute approximate surface area is 147 Å². The molecule has 3 unspecified atom stereocenters. The molecule has 132 valence electrons. The van der Waals surface area contributed by atoms with Gasteiger partial charge in [-0.15, -0.1) is 0 Å². The third kappa shape index (κ3) is 3.20. The van der Waals surface area contributed by atoms with Gasteiger partial charge in [0, 0.05) is 13.0 Å². The van der Waals surface area contributed by atoms with Crippen molar-refractivity contribution in [2.24, 2.45) is 17.8 Å². The lowest BCUT2D eigenvalue weighted by atomic mass is 9.86. The Hall–Kier alpha value is -2.17.